The van der Waals surface area contributed by atoms with Gasteiger partial charge in [0, 0.05) is 47.8 Å². The van der Waals surface area contributed by atoms with E-state index in [-0.39, 0.29) is 41.6 Å². The van der Waals surface area contributed by atoms with Crippen molar-refractivity contribution in [2.45, 2.75) is 62.1 Å². The van der Waals surface area contributed by atoms with Gasteiger partial charge in [-0.05, 0) is 55.2 Å². The van der Waals surface area contributed by atoms with E-state index in [1.165, 1.54) is 30.5 Å². The lowest BCUT2D eigenvalue weighted by Gasteiger charge is -2.45. The van der Waals surface area contributed by atoms with Gasteiger partial charge in [-0.25, -0.2) is 23.1 Å². The zero-order chi connectivity index (χ0) is 30.5. The topological polar surface area (TPSA) is 119 Å². The summed E-state index contributed by atoms with van der Waals surface area (Å²) in [6, 6.07) is 11.3. The Morgan fingerprint density at radius 3 is 2.63 bits per heavy atom. The number of aryl methyl sites for hydroxylation is 1. The van der Waals surface area contributed by atoms with Crippen LogP contribution in [0.5, 0.6) is 0 Å². The van der Waals surface area contributed by atoms with Gasteiger partial charge >= 0.3 is 0 Å². The van der Waals surface area contributed by atoms with Crippen LogP contribution in [0.2, 0.25) is 5.02 Å². The molecule has 1 aliphatic heterocycles. The molecule has 43 heavy (non-hydrogen) atoms. The van der Waals surface area contributed by atoms with Crippen LogP contribution in [0.3, 0.4) is 0 Å². The highest BCUT2D eigenvalue weighted by molar-refractivity contribution is 6.32. The third-order valence-electron chi connectivity index (χ3n) is 8.21. The molecule has 1 aromatic heterocycles. The molecule has 6 rings (SSSR count). The highest BCUT2D eigenvalue weighted by Crippen LogP contribution is 2.49. The number of rotatable bonds is 6. The predicted molar refractivity (Wildman–Crippen MR) is 149 cm³/mol. The fourth-order valence-electron chi connectivity index (χ4n) is 6.30. The maximum absolute atomic E-state index is 14.8. The maximum atomic E-state index is 14.8. The zero-order valence-electron chi connectivity index (χ0n) is 22.6. The minimum absolute atomic E-state index is 0.0119. The molecule has 0 bridgehead atoms. The molecule has 2 heterocycles. The summed E-state index contributed by atoms with van der Waals surface area (Å²) >= 11 is 6.71. The number of fused-ring (bicyclic) bond motifs is 1. The number of hydrogen-bond acceptors (Lipinski definition) is 6. The Kier molecular flexibility index (Phi) is 7.08. The van der Waals surface area contributed by atoms with Crippen molar-refractivity contribution in [1.29, 1.82) is 5.26 Å². The van der Waals surface area contributed by atoms with Crippen molar-refractivity contribution in [2.75, 3.05) is 9.80 Å². The molecular weight excluding hydrogens is 585 g/mol. The van der Waals surface area contributed by atoms with E-state index < -0.39 is 59.9 Å². The van der Waals surface area contributed by atoms with Crippen molar-refractivity contribution in [2.24, 2.45) is 0 Å². The van der Waals surface area contributed by atoms with Crippen molar-refractivity contribution in [3.8, 4) is 6.07 Å². The molecule has 3 amide bonds. The van der Waals surface area contributed by atoms with Crippen LogP contribution in [0.15, 0.2) is 54.7 Å². The summed E-state index contributed by atoms with van der Waals surface area (Å²) < 4.78 is 42.3. The van der Waals surface area contributed by atoms with E-state index in [2.05, 4.69) is 15.3 Å². The summed E-state index contributed by atoms with van der Waals surface area (Å²) in [5.41, 5.74) is -0.909. The molecule has 3 aromatic rings. The molecule has 1 saturated carbocycles. The Labute approximate surface area is 249 Å². The molecule has 2 atom stereocenters. The Morgan fingerprint density at radius 2 is 1.91 bits per heavy atom. The monoisotopic (exact) mass is 608 g/mol. The summed E-state index contributed by atoms with van der Waals surface area (Å²) in [6.07, 6.45) is 0.459. The van der Waals surface area contributed by atoms with Gasteiger partial charge in [-0.1, -0.05) is 29.8 Å². The lowest BCUT2D eigenvalue weighted by atomic mass is 9.83. The fraction of sp³-hybridized carbons (Fsp3) is 0.333. The number of hydrogen-bond donors (Lipinski definition) is 1. The number of anilines is 2. The molecule has 2 aromatic carbocycles. The molecule has 0 unspecified atom stereocenters. The van der Waals surface area contributed by atoms with Crippen molar-refractivity contribution >= 4 is 41.0 Å². The molecular formula is C30H24ClF3N6O3. The largest absolute Gasteiger partial charge is 0.351 e. The van der Waals surface area contributed by atoms with Crippen molar-refractivity contribution in [3.63, 3.8) is 0 Å². The van der Waals surface area contributed by atoms with Gasteiger partial charge in [-0.3, -0.25) is 24.2 Å². The first-order valence-electron chi connectivity index (χ1n) is 13.7. The van der Waals surface area contributed by atoms with E-state index in [1.807, 2.05) is 6.07 Å². The van der Waals surface area contributed by atoms with E-state index in [1.54, 1.807) is 18.2 Å². The lowest BCUT2D eigenvalue weighted by Crippen LogP contribution is -2.64. The smallest absolute Gasteiger partial charge is 0.252 e. The Bertz CT molecular complexity index is 1690. The molecule has 1 N–H and O–H groups in total. The van der Waals surface area contributed by atoms with E-state index in [4.69, 9.17) is 11.6 Å². The van der Waals surface area contributed by atoms with Crippen LogP contribution in [0.4, 0.5) is 24.8 Å². The highest BCUT2D eigenvalue weighted by Gasteiger charge is 2.57. The summed E-state index contributed by atoms with van der Waals surface area (Å²) in [5, 5.41) is 12.2. The van der Waals surface area contributed by atoms with Gasteiger partial charge < -0.3 is 5.32 Å². The highest BCUT2D eigenvalue weighted by atomic mass is 35.5. The van der Waals surface area contributed by atoms with Gasteiger partial charge in [0.25, 0.3) is 17.7 Å². The molecule has 2 aliphatic carbocycles. The molecule has 3 aliphatic rings. The number of alkyl halides is 2. The fourth-order valence-corrected chi connectivity index (χ4v) is 6.65. The number of nitrogens with zero attached hydrogens (tertiary/aromatic N) is 5. The SMILES string of the molecule is N#Cc1ccnc(N2C(=O)CC[C@H]2C(=O)N(c2cccc(F)c2)[C@@]2(C(=O)NC3CC(F)(F)C3)CCc3cccc(Cl)c32)n1. The van der Waals surface area contributed by atoms with E-state index in [0.717, 1.165) is 15.9 Å². The molecule has 9 nitrogen and oxygen atoms in total. The Morgan fingerprint density at radius 1 is 1.14 bits per heavy atom. The van der Waals surface area contributed by atoms with Crippen LogP contribution < -0.4 is 15.1 Å². The number of nitriles is 1. The number of nitrogens with one attached hydrogen (secondary N) is 1. The van der Waals surface area contributed by atoms with Crippen molar-refractivity contribution in [1.82, 2.24) is 15.3 Å². The van der Waals surface area contributed by atoms with Gasteiger partial charge in [0.05, 0.1) is 0 Å². The molecule has 13 heteroatoms. The Hall–Kier alpha value is -4.50. The molecule has 2 fully saturated rings. The Balaban J connectivity index is 1.51. The third kappa shape index (κ3) is 4.87. The number of aromatic nitrogens is 2. The van der Waals surface area contributed by atoms with Crippen molar-refractivity contribution < 1.29 is 27.6 Å². The number of carbonyl (C=O) groups is 3. The van der Waals surface area contributed by atoms with Gasteiger partial charge in [-0.15, -0.1) is 0 Å². The second kappa shape index (κ2) is 10.6. The standard InChI is InChI=1S/C30H24ClF3N6O3/c31-22-6-1-3-17-9-11-30(25(17)22,27(43)37-20-14-29(33,34)15-20)40(21-5-2-4-18(32)13-21)26(42)23-7-8-24(41)39(23)28-36-12-10-19(16-35)38-28/h1-6,10,12-13,20,23H,7-9,11,14-15H2,(H,37,43)/t23-,30-/m0/s1. The minimum Gasteiger partial charge on any atom is -0.351 e. The maximum Gasteiger partial charge on any atom is 0.252 e. The summed E-state index contributed by atoms with van der Waals surface area (Å²) in [4.78, 5) is 52.7. The van der Waals surface area contributed by atoms with Crippen LogP contribution in [0, 0.1) is 17.1 Å². The summed E-state index contributed by atoms with van der Waals surface area (Å²) in [7, 11) is 0. The van der Waals surface area contributed by atoms with Gasteiger partial charge in [0.1, 0.15) is 23.6 Å². The van der Waals surface area contributed by atoms with Gasteiger partial charge in [-0.2, -0.15) is 5.26 Å². The van der Waals surface area contributed by atoms with E-state index >= 15 is 0 Å². The molecule has 1 saturated heterocycles. The molecule has 0 radical (unpaired) electrons. The predicted octanol–water partition coefficient (Wildman–Crippen LogP) is 4.42. The first-order chi connectivity index (χ1) is 20.5. The van der Waals surface area contributed by atoms with Crippen LogP contribution in [0.1, 0.15) is 48.9 Å². The van der Waals surface area contributed by atoms with E-state index in [0.29, 0.717) is 17.5 Å². The average molecular weight is 609 g/mol. The molecule has 220 valence electrons. The average Bonchev–Trinajstić information content (AvgIpc) is 3.54. The van der Waals surface area contributed by atoms with Gasteiger partial charge in [0.2, 0.25) is 11.9 Å². The second-order valence-corrected chi connectivity index (χ2v) is 11.3. The normalized spacial score (nSPS) is 22.4. The molecule has 0 spiro atoms. The lowest BCUT2D eigenvalue weighted by molar-refractivity contribution is -0.137. The zero-order valence-corrected chi connectivity index (χ0v) is 23.3. The second-order valence-electron chi connectivity index (χ2n) is 10.9. The third-order valence-corrected chi connectivity index (χ3v) is 8.52. The first-order valence-corrected chi connectivity index (χ1v) is 14.0. The summed E-state index contributed by atoms with van der Waals surface area (Å²) in [5.74, 6) is -5.74. The quantitative estimate of drug-likeness (QED) is 0.442. The number of carbonyl (C=O) groups excluding carboxylic acids is 3. The summed E-state index contributed by atoms with van der Waals surface area (Å²) in [6.45, 7) is 0. The van der Waals surface area contributed by atoms with Crippen LogP contribution in [-0.4, -0.2) is 45.7 Å². The minimum atomic E-state index is -2.92. The number of benzene rings is 2. The first kappa shape index (κ1) is 28.6. The number of amides is 3. The number of halogens is 4. The van der Waals surface area contributed by atoms with Crippen LogP contribution >= 0.6 is 11.6 Å². The van der Waals surface area contributed by atoms with Crippen molar-refractivity contribution in [3.05, 3.63) is 82.4 Å². The van der Waals surface area contributed by atoms with E-state index in [9.17, 15) is 32.8 Å². The van der Waals surface area contributed by atoms with Gasteiger partial charge in [0.15, 0.2) is 5.54 Å². The van der Waals surface area contributed by atoms with Crippen LogP contribution in [0.25, 0.3) is 0 Å². The van der Waals surface area contributed by atoms with Crippen LogP contribution in [-0.2, 0) is 26.3 Å².